The van der Waals surface area contributed by atoms with Crippen LogP contribution in [-0.2, 0) is 12.8 Å². The fourth-order valence-corrected chi connectivity index (χ4v) is 2.74. The number of hydrogen-bond acceptors (Lipinski definition) is 1. The molecule has 0 unspecified atom stereocenters. The van der Waals surface area contributed by atoms with Crippen molar-refractivity contribution < 1.29 is 4.79 Å². The van der Waals surface area contributed by atoms with Crippen LogP contribution in [0.4, 0.5) is 0 Å². The van der Waals surface area contributed by atoms with Crippen molar-refractivity contribution in [2.75, 3.05) is 0 Å². The lowest BCUT2D eigenvalue weighted by molar-refractivity contribution is 0.103. The van der Waals surface area contributed by atoms with Gasteiger partial charge in [-0.3, -0.25) is 4.79 Å². The van der Waals surface area contributed by atoms with Crippen molar-refractivity contribution in [3.8, 4) is 0 Å². The first-order chi connectivity index (χ1) is 9.33. The van der Waals surface area contributed by atoms with Gasteiger partial charge in [-0.25, -0.2) is 0 Å². The highest BCUT2D eigenvalue weighted by Gasteiger charge is 2.11. The average molecular weight is 250 g/mol. The minimum absolute atomic E-state index is 0.143. The van der Waals surface area contributed by atoms with E-state index in [0.29, 0.717) is 0 Å². The van der Waals surface area contributed by atoms with Crippen LogP contribution in [0.15, 0.2) is 48.5 Å². The standard InChI is InChI=1S/C18H18O/c19-18-16-10-4-8-14(12-16)6-2-1-3-7-15-9-5-11-17(18)13-15/h4-5,8-13H,1-3,6-7H2. The quantitative estimate of drug-likeness (QED) is 0.685. The molecule has 2 aromatic rings. The van der Waals surface area contributed by atoms with Gasteiger partial charge in [0.15, 0.2) is 5.78 Å². The summed E-state index contributed by atoms with van der Waals surface area (Å²) in [5, 5.41) is 0. The van der Waals surface area contributed by atoms with E-state index in [0.717, 1.165) is 24.0 Å². The summed E-state index contributed by atoms with van der Waals surface area (Å²) in [6.07, 6.45) is 5.82. The molecule has 1 aliphatic rings. The van der Waals surface area contributed by atoms with Gasteiger partial charge in [0.2, 0.25) is 0 Å². The first kappa shape index (κ1) is 12.2. The van der Waals surface area contributed by atoms with Crippen molar-refractivity contribution in [1.82, 2.24) is 0 Å². The summed E-state index contributed by atoms with van der Waals surface area (Å²) < 4.78 is 0. The Kier molecular flexibility index (Phi) is 3.45. The molecule has 0 heterocycles. The Labute approximate surface area is 114 Å². The number of benzene rings is 2. The van der Waals surface area contributed by atoms with Gasteiger partial charge in [0.25, 0.3) is 0 Å². The molecule has 0 N–H and O–H groups in total. The SMILES string of the molecule is O=C1c2cccc(c2)CCCCCc2cccc1c2. The topological polar surface area (TPSA) is 17.1 Å². The second-order valence-electron chi connectivity index (χ2n) is 5.29. The maximum absolute atomic E-state index is 12.5. The van der Waals surface area contributed by atoms with Gasteiger partial charge in [-0.15, -0.1) is 0 Å². The molecule has 0 radical (unpaired) electrons. The minimum atomic E-state index is 0.143. The fraction of sp³-hybridized carbons (Fsp3) is 0.278. The summed E-state index contributed by atoms with van der Waals surface area (Å²) in [6, 6.07) is 16.2. The van der Waals surface area contributed by atoms with Gasteiger partial charge in [-0.05, 0) is 48.9 Å². The summed E-state index contributed by atoms with van der Waals surface area (Å²) in [6.45, 7) is 0. The van der Waals surface area contributed by atoms with Crippen molar-refractivity contribution >= 4 is 5.78 Å². The monoisotopic (exact) mass is 250 g/mol. The Hall–Kier alpha value is -1.89. The molecule has 0 saturated carbocycles. The first-order valence-corrected chi connectivity index (χ1v) is 7.05. The lowest BCUT2D eigenvalue weighted by Crippen LogP contribution is -2.04. The van der Waals surface area contributed by atoms with Gasteiger partial charge in [0, 0.05) is 11.1 Å². The third-order valence-corrected chi connectivity index (χ3v) is 3.81. The average Bonchev–Trinajstić information content (AvgIpc) is 2.46. The van der Waals surface area contributed by atoms with E-state index in [2.05, 4.69) is 24.3 Å². The molecular formula is C18H18O. The third kappa shape index (κ3) is 2.76. The van der Waals surface area contributed by atoms with Crippen LogP contribution >= 0.6 is 0 Å². The molecule has 1 heteroatoms. The van der Waals surface area contributed by atoms with Gasteiger partial charge in [-0.1, -0.05) is 42.8 Å². The highest BCUT2D eigenvalue weighted by molar-refractivity contribution is 6.09. The van der Waals surface area contributed by atoms with Crippen LogP contribution in [0.2, 0.25) is 0 Å². The van der Waals surface area contributed by atoms with E-state index >= 15 is 0 Å². The zero-order valence-corrected chi connectivity index (χ0v) is 11.1. The molecule has 1 nitrogen and oxygen atoms in total. The van der Waals surface area contributed by atoms with E-state index in [-0.39, 0.29) is 5.78 Å². The van der Waals surface area contributed by atoms with Gasteiger partial charge in [0.1, 0.15) is 0 Å². The first-order valence-electron chi connectivity index (χ1n) is 7.05. The number of carbonyl (C=O) groups is 1. The summed E-state index contributed by atoms with van der Waals surface area (Å²) in [4.78, 5) is 12.5. The zero-order chi connectivity index (χ0) is 13.1. The maximum atomic E-state index is 12.5. The normalized spacial score (nSPS) is 15.5. The minimum Gasteiger partial charge on any atom is -0.289 e. The van der Waals surface area contributed by atoms with Crippen LogP contribution in [-0.4, -0.2) is 5.78 Å². The number of rotatable bonds is 0. The van der Waals surface area contributed by atoms with E-state index in [1.807, 2.05) is 24.3 Å². The van der Waals surface area contributed by atoms with Crippen LogP contribution in [0, 0.1) is 0 Å². The summed E-state index contributed by atoms with van der Waals surface area (Å²) in [5.74, 6) is 0.143. The third-order valence-electron chi connectivity index (χ3n) is 3.81. The number of hydrogen-bond donors (Lipinski definition) is 0. The van der Waals surface area contributed by atoms with E-state index < -0.39 is 0 Å². The Morgan fingerprint density at radius 3 is 1.74 bits per heavy atom. The molecule has 0 spiro atoms. The van der Waals surface area contributed by atoms with Crippen molar-refractivity contribution in [3.63, 3.8) is 0 Å². The van der Waals surface area contributed by atoms with Gasteiger partial charge >= 0.3 is 0 Å². The summed E-state index contributed by atoms with van der Waals surface area (Å²) in [7, 11) is 0. The molecule has 0 amide bonds. The Bertz CT molecular complexity index is 547. The Balaban J connectivity index is 2.04. The highest BCUT2D eigenvalue weighted by atomic mass is 16.1. The predicted octanol–water partition coefficient (Wildman–Crippen LogP) is 4.19. The molecule has 96 valence electrons. The van der Waals surface area contributed by atoms with Crippen LogP contribution in [0.3, 0.4) is 0 Å². The van der Waals surface area contributed by atoms with Gasteiger partial charge < -0.3 is 0 Å². The molecule has 3 rings (SSSR count). The lowest BCUT2D eigenvalue weighted by atomic mass is 9.95. The lowest BCUT2D eigenvalue weighted by Gasteiger charge is -2.09. The zero-order valence-electron chi connectivity index (χ0n) is 11.1. The largest absolute Gasteiger partial charge is 0.289 e. The molecule has 19 heavy (non-hydrogen) atoms. The molecule has 1 aliphatic carbocycles. The number of carbonyl (C=O) groups excluding carboxylic acids is 1. The van der Waals surface area contributed by atoms with Crippen molar-refractivity contribution in [1.29, 1.82) is 0 Å². The summed E-state index contributed by atoms with van der Waals surface area (Å²) in [5.41, 5.74) is 4.19. The number of ketones is 1. The molecule has 0 aliphatic heterocycles. The molecule has 0 aromatic heterocycles. The van der Waals surface area contributed by atoms with E-state index in [9.17, 15) is 4.79 Å². The van der Waals surface area contributed by atoms with Crippen LogP contribution in [0.5, 0.6) is 0 Å². The van der Waals surface area contributed by atoms with Crippen molar-refractivity contribution in [2.24, 2.45) is 0 Å². The Morgan fingerprint density at radius 1 is 0.684 bits per heavy atom. The Morgan fingerprint density at radius 2 is 1.21 bits per heavy atom. The molecule has 4 bridgehead atoms. The number of fused-ring (bicyclic) bond motifs is 4. The van der Waals surface area contributed by atoms with E-state index in [1.165, 1.54) is 30.4 Å². The van der Waals surface area contributed by atoms with E-state index in [1.54, 1.807) is 0 Å². The molecule has 2 aromatic carbocycles. The highest BCUT2D eigenvalue weighted by Crippen LogP contribution is 2.18. The van der Waals surface area contributed by atoms with Crippen LogP contribution in [0.25, 0.3) is 0 Å². The van der Waals surface area contributed by atoms with Crippen molar-refractivity contribution in [2.45, 2.75) is 32.1 Å². The molecule has 0 saturated heterocycles. The molecule has 0 fully saturated rings. The smallest absolute Gasteiger partial charge is 0.193 e. The maximum Gasteiger partial charge on any atom is 0.193 e. The number of aryl methyl sites for hydroxylation is 2. The van der Waals surface area contributed by atoms with Gasteiger partial charge in [-0.2, -0.15) is 0 Å². The molecular weight excluding hydrogens is 232 g/mol. The molecule has 0 atom stereocenters. The second-order valence-corrected chi connectivity index (χ2v) is 5.29. The van der Waals surface area contributed by atoms with Crippen LogP contribution < -0.4 is 0 Å². The van der Waals surface area contributed by atoms with Crippen molar-refractivity contribution in [3.05, 3.63) is 70.8 Å². The summed E-state index contributed by atoms with van der Waals surface area (Å²) >= 11 is 0. The fourth-order valence-electron chi connectivity index (χ4n) is 2.74. The van der Waals surface area contributed by atoms with Crippen LogP contribution in [0.1, 0.15) is 46.3 Å². The second kappa shape index (κ2) is 5.40. The predicted molar refractivity (Wildman–Crippen MR) is 77.6 cm³/mol. The van der Waals surface area contributed by atoms with E-state index in [4.69, 9.17) is 0 Å². The van der Waals surface area contributed by atoms with Gasteiger partial charge in [0.05, 0.1) is 0 Å².